The second kappa shape index (κ2) is 14.7. The van der Waals surface area contributed by atoms with E-state index in [0.29, 0.717) is 38.6 Å². The highest BCUT2D eigenvalue weighted by atomic mass is 127. The lowest BCUT2D eigenvalue weighted by atomic mass is 10.1. The molecule has 1 aliphatic rings. The van der Waals surface area contributed by atoms with Crippen molar-refractivity contribution in [3.8, 4) is 11.5 Å². The van der Waals surface area contributed by atoms with Crippen molar-refractivity contribution < 1.29 is 28.9 Å². The molecule has 3 aromatic carbocycles. The van der Waals surface area contributed by atoms with Gasteiger partial charge in [0.05, 0.1) is 42.3 Å². The Morgan fingerprint density at radius 2 is 1.74 bits per heavy atom. The molecule has 1 amide bonds. The van der Waals surface area contributed by atoms with Gasteiger partial charge in [-0.05, 0) is 90.0 Å². The molecule has 0 saturated heterocycles. The number of carbonyl (C=O) groups excluding carboxylic acids is 2. The summed E-state index contributed by atoms with van der Waals surface area (Å²) < 4.78 is 17.8. The van der Waals surface area contributed by atoms with E-state index in [-0.39, 0.29) is 40.2 Å². The van der Waals surface area contributed by atoms with Crippen molar-refractivity contribution >= 4 is 92.2 Å². The number of carbonyl (C=O) groups is 2. The van der Waals surface area contributed by atoms with E-state index in [0.717, 1.165) is 20.9 Å². The fourth-order valence-corrected chi connectivity index (χ4v) is 6.12. The van der Waals surface area contributed by atoms with E-state index in [2.05, 4.69) is 27.6 Å². The largest absolute Gasteiger partial charge is 0.506 e. The quantitative estimate of drug-likeness (QED) is 0.172. The Balaban J connectivity index is 1.68. The minimum absolute atomic E-state index is 0.00317. The van der Waals surface area contributed by atoms with Crippen LogP contribution in [-0.2, 0) is 16.1 Å². The summed E-state index contributed by atoms with van der Waals surface area (Å²) >= 11 is 21.4. The molecule has 12 heteroatoms. The first kappa shape index (κ1) is 32.2. The Hall–Kier alpha value is -2.70. The van der Waals surface area contributed by atoms with Gasteiger partial charge >= 0.3 is 5.97 Å². The molecular formula is C30H23Cl3INO6S. The van der Waals surface area contributed by atoms with E-state index < -0.39 is 11.9 Å². The topological polar surface area (TPSA) is 94.4 Å². The van der Waals surface area contributed by atoms with Crippen molar-refractivity contribution in [1.82, 2.24) is 0 Å². The maximum atomic E-state index is 12.9. The maximum Gasteiger partial charge on any atom is 0.344 e. The van der Waals surface area contributed by atoms with Crippen LogP contribution < -0.4 is 9.47 Å². The first-order valence-corrected chi connectivity index (χ1v) is 15.6. The third-order valence-corrected chi connectivity index (χ3v) is 8.56. The van der Waals surface area contributed by atoms with Gasteiger partial charge in [-0.15, -0.1) is 0 Å². The lowest BCUT2D eigenvalue weighted by molar-refractivity contribution is -0.138. The molecule has 1 heterocycles. The molecule has 0 bridgehead atoms. The summed E-state index contributed by atoms with van der Waals surface area (Å²) in [6.07, 6.45) is 1.66. The lowest BCUT2D eigenvalue weighted by Gasteiger charge is -2.15. The normalized spacial score (nSPS) is 14.9. The smallest absolute Gasteiger partial charge is 0.344 e. The van der Waals surface area contributed by atoms with Crippen molar-refractivity contribution in [1.29, 1.82) is 0 Å². The highest BCUT2D eigenvalue weighted by Gasteiger charge is 2.34. The van der Waals surface area contributed by atoms with E-state index in [1.807, 2.05) is 19.1 Å². The molecule has 0 saturated carbocycles. The summed E-state index contributed by atoms with van der Waals surface area (Å²) in [6.45, 7) is 4.18. The number of thioether (sulfide) groups is 1. The summed E-state index contributed by atoms with van der Waals surface area (Å²) in [5.41, 5.74) is 1.45. The second-order valence-electron chi connectivity index (χ2n) is 8.56. The molecule has 1 aliphatic heterocycles. The number of aliphatic imine (C=N–C) groups is 1. The number of ether oxygens (including phenoxy) is 3. The molecule has 0 fully saturated rings. The molecule has 7 nitrogen and oxygen atoms in total. The predicted octanol–water partition coefficient (Wildman–Crippen LogP) is 8.93. The molecule has 0 unspecified atom stereocenters. The Kier molecular flexibility index (Phi) is 11.2. The third kappa shape index (κ3) is 7.62. The van der Waals surface area contributed by atoms with Gasteiger partial charge in [-0.25, -0.2) is 9.79 Å². The summed E-state index contributed by atoms with van der Waals surface area (Å²) in [5.74, 6) is -0.791. The molecular weight excluding hydrogens is 736 g/mol. The summed E-state index contributed by atoms with van der Waals surface area (Å²) in [6, 6.07) is 15.3. The van der Waals surface area contributed by atoms with Crippen LogP contribution in [0.15, 0.2) is 75.8 Å². The van der Waals surface area contributed by atoms with Gasteiger partial charge in [-0.3, -0.25) is 4.79 Å². The van der Waals surface area contributed by atoms with Crippen molar-refractivity contribution in [2.45, 2.75) is 20.5 Å². The zero-order valence-corrected chi connectivity index (χ0v) is 27.5. The first-order chi connectivity index (χ1) is 20.1. The zero-order chi connectivity index (χ0) is 30.4. The Labute approximate surface area is 275 Å². The fourth-order valence-electron chi connectivity index (χ4n) is 3.79. The van der Waals surface area contributed by atoms with Crippen LogP contribution in [-0.4, -0.2) is 35.2 Å². The maximum absolute atomic E-state index is 12.9. The zero-order valence-electron chi connectivity index (χ0n) is 22.3. The molecule has 1 N–H and O–H groups in total. The number of halogens is 4. The molecule has 4 rings (SSSR count). The second-order valence-corrected chi connectivity index (χ2v) is 12.0. The van der Waals surface area contributed by atoms with Gasteiger partial charge in [-0.2, -0.15) is 0 Å². The number of hydrogen-bond acceptors (Lipinski definition) is 7. The number of rotatable bonds is 9. The predicted molar refractivity (Wildman–Crippen MR) is 176 cm³/mol. The highest BCUT2D eigenvalue weighted by molar-refractivity contribution is 14.1. The van der Waals surface area contributed by atoms with Crippen LogP contribution in [0.3, 0.4) is 0 Å². The molecule has 218 valence electrons. The number of nitrogens with zero attached hydrogens (tertiary/aromatic N) is 1. The Morgan fingerprint density at radius 1 is 0.976 bits per heavy atom. The molecule has 0 atom stereocenters. The van der Waals surface area contributed by atoms with Crippen LogP contribution in [0.5, 0.6) is 11.5 Å². The highest BCUT2D eigenvalue weighted by Crippen LogP contribution is 2.41. The fraction of sp³-hybridized carbons (Fsp3) is 0.167. The number of aliphatic hydroxyl groups is 1. The van der Waals surface area contributed by atoms with Crippen molar-refractivity contribution in [2.24, 2.45) is 4.99 Å². The van der Waals surface area contributed by atoms with Gasteiger partial charge in [0.2, 0.25) is 0 Å². The lowest BCUT2D eigenvalue weighted by Crippen LogP contribution is -2.14. The minimum atomic E-state index is -0.799. The van der Waals surface area contributed by atoms with Crippen LogP contribution in [0, 0.1) is 3.57 Å². The van der Waals surface area contributed by atoms with E-state index in [1.165, 1.54) is 6.07 Å². The van der Waals surface area contributed by atoms with Gasteiger partial charge in [-0.1, -0.05) is 64.8 Å². The summed E-state index contributed by atoms with van der Waals surface area (Å²) in [7, 11) is 0. The van der Waals surface area contributed by atoms with Gasteiger partial charge in [0.15, 0.2) is 11.5 Å². The van der Waals surface area contributed by atoms with Crippen molar-refractivity contribution in [3.05, 3.63) is 106 Å². The van der Waals surface area contributed by atoms with E-state index in [1.54, 1.807) is 49.4 Å². The SMILES string of the molecule is CCOC(=O)C1=C(O)/C(=C/c2cc(I)c(OCc3ccc(Cl)c(Cl)c3)c(OCC)c2)SC1=NC(=O)c1ccccc1Cl. The van der Waals surface area contributed by atoms with Gasteiger partial charge in [0, 0.05) is 0 Å². The van der Waals surface area contributed by atoms with Gasteiger partial charge < -0.3 is 19.3 Å². The number of benzene rings is 3. The molecule has 0 aromatic heterocycles. The molecule has 3 aromatic rings. The number of esters is 1. The summed E-state index contributed by atoms with van der Waals surface area (Å²) in [5, 5.41) is 12.2. The Morgan fingerprint density at radius 3 is 2.43 bits per heavy atom. The molecule has 0 aliphatic carbocycles. The average Bonchev–Trinajstić information content (AvgIpc) is 3.24. The molecule has 0 radical (unpaired) electrons. The van der Waals surface area contributed by atoms with Crippen LogP contribution >= 0.6 is 69.2 Å². The molecule has 42 heavy (non-hydrogen) atoms. The number of hydrogen-bond donors (Lipinski definition) is 1. The Bertz CT molecular complexity index is 1640. The van der Waals surface area contributed by atoms with Crippen LogP contribution in [0.1, 0.15) is 35.3 Å². The minimum Gasteiger partial charge on any atom is -0.506 e. The van der Waals surface area contributed by atoms with Gasteiger partial charge in [0.25, 0.3) is 5.91 Å². The first-order valence-electron chi connectivity index (χ1n) is 12.5. The van der Waals surface area contributed by atoms with E-state index in [9.17, 15) is 14.7 Å². The monoisotopic (exact) mass is 757 g/mol. The van der Waals surface area contributed by atoms with E-state index in [4.69, 9.17) is 49.0 Å². The average molecular weight is 759 g/mol. The van der Waals surface area contributed by atoms with Crippen molar-refractivity contribution in [2.75, 3.05) is 13.2 Å². The van der Waals surface area contributed by atoms with Crippen LogP contribution in [0.4, 0.5) is 0 Å². The van der Waals surface area contributed by atoms with Crippen LogP contribution in [0.2, 0.25) is 15.1 Å². The van der Waals surface area contributed by atoms with E-state index >= 15 is 0 Å². The number of aliphatic hydroxyl groups excluding tert-OH is 1. The van der Waals surface area contributed by atoms with Crippen LogP contribution in [0.25, 0.3) is 6.08 Å². The van der Waals surface area contributed by atoms with Gasteiger partial charge in [0.1, 0.15) is 23.0 Å². The third-order valence-electron chi connectivity index (χ3n) is 5.67. The van der Waals surface area contributed by atoms with Crippen molar-refractivity contribution in [3.63, 3.8) is 0 Å². The summed E-state index contributed by atoms with van der Waals surface area (Å²) in [4.78, 5) is 30.1. The number of amides is 1. The standard InChI is InChI=1S/C30H23Cl3INO6S/c1-3-39-23-13-17(12-22(34)27(23)41-15-16-9-10-20(32)21(33)11-16)14-24-26(36)25(30(38)40-4-2)29(42-24)35-28(37)18-7-5-6-8-19(18)31/h5-14,36H,3-4,15H2,1-2H3/b24-14-,35-29?. The molecule has 0 spiro atoms.